The molecule has 0 bridgehead atoms. The van der Waals surface area contributed by atoms with Crippen LogP contribution < -0.4 is 0 Å². The van der Waals surface area contributed by atoms with Gasteiger partial charge in [-0.3, -0.25) is 14.9 Å². The third kappa shape index (κ3) is 3.92. The van der Waals surface area contributed by atoms with Gasteiger partial charge in [0, 0.05) is 17.5 Å². The average Bonchev–Trinajstić information content (AvgIpc) is 3.06. The Hall–Kier alpha value is -2.83. The number of nitro benzene ring substituents is 1. The summed E-state index contributed by atoms with van der Waals surface area (Å²) in [6.07, 6.45) is 6.01. The highest BCUT2D eigenvalue weighted by Crippen LogP contribution is 2.29. The van der Waals surface area contributed by atoms with Crippen LogP contribution >= 0.6 is 0 Å². The lowest BCUT2D eigenvalue weighted by Crippen LogP contribution is -2.27. The number of carbonyl (C=O) groups is 1. The molecule has 0 aliphatic carbocycles. The molecular formula is C17H20N4O3. The molecule has 0 aliphatic heterocycles. The van der Waals surface area contributed by atoms with E-state index in [4.69, 9.17) is 0 Å². The van der Waals surface area contributed by atoms with Crippen molar-refractivity contribution in [3.8, 4) is 0 Å². The van der Waals surface area contributed by atoms with Gasteiger partial charge in [0.25, 0.3) is 5.69 Å². The zero-order valence-corrected chi connectivity index (χ0v) is 14.0. The van der Waals surface area contributed by atoms with Crippen LogP contribution in [0.25, 0.3) is 11.8 Å². The monoisotopic (exact) mass is 328 g/mol. The fraction of sp³-hybridized carbons (Fsp3) is 0.353. The lowest BCUT2D eigenvalue weighted by molar-refractivity contribution is -0.384. The van der Waals surface area contributed by atoms with Crippen molar-refractivity contribution in [3.05, 3.63) is 52.6 Å². The largest absolute Gasteiger partial charge is 0.292 e. The fourth-order valence-electron chi connectivity index (χ4n) is 2.54. The van der Waals surface area contributed by atoms with Gasteiger partial charge in [-0.15, -0.1) is 0 Å². The van der Waals surface area contributed by atoms with E-state index in [0.717, 1.165) is 12.8 Å². The fourth-order valence-corrected chi connectivity index (χ4v) is 2.54. The number of ketones is 1. The summed E-state index contributed by atoms with van der Waals surface area (Å²) in [7, 11) is 0. The van der Waals surface area contributed by atoms with Gasteiger partial charge in [-0.2, -0.15) is 5.10 Å². The predicted octanol–water partition coefficient (Wildman–Crippen LogP) is 3.58. The van der Waals surface area contributed by atoms with Crippen LogP contribution in [-0.4, -0.2) is 25.5 Å². The molecule has 0 spiro atoms. The molecule has 7 heteroatoms. The first-order valence-electron chi connectivity index (χ1n) is 7.71. The van der Waals surface area contributed by atoms with Gasteiger partial charge in [-0.05, 0) is 18.1 Å². The van der Waals surface area contributed by atoms with Gasteiger partial charge in [-0.25, -0.2) is 9.67 Å². The van der Waals surface area contributed by atoms with Gasteiger partial charge in [0.1, 0.15) is 18.4 Å². The van der Waals surface area contributed by atoms with Crippen LogP contribution in [0.15, 0.2) is 36.9 Å². The van der Waals surface area contributed by atoms with E-state index in [9.17, 15) is 14.9 Å². The van der Waals surface area contributed by atoms with Crippen LogP contribution in [0.5, 0.6) is 0 Å². The molecule has 0 fully saturated rings. The number of benzene rings is 1. The Morgan fingerprint density at radius 3 is 2.75 bits per heavy atom. The number of nitro groups is 1. The lowest BCUT2D eigenvalue weighted by atomic mass is 9.81. The van der Waals surface area contributed by atoms with Crippen molar-refractivity contribution in [2.75, 3.05) is 0 Å². The molecule has 7 nitrogen and oxygen atoms in total. The van der Waals surface area contributed by atoms with Crippen LogP contribution in [0.2, 0.25) is 0 Å². The Morgan fingerprint density at radius 1 is 1.42 bits per heavy atom. The number of carbonyl (C=O) groups excluding carboxylic acids is 1. The summed E-state index contributed by atoms with van der Waals surface area (Å²) in [5.41, 5.74) is 0.316. The van der Waals surface area contributed by atoms with E-state index >= 15 is 0 Å². The molecule has 0 aliphatic rings. The Labute approximate surface area is 140 Å². The van der Waals surface area contributed by atoms with E-state index in [-0.39, 0.29) is 11.5 Å². The van der Waals surface area contributed by atoms with Crippen molar-refractivity contribution in [1.29, 1.82) is 0 Å². The van der Waals surface area contributed by atoms with Crippen LogP contribution in [0.1, 0.15) is 39.2 Å². The first-order valence-corrected chi connectivity index (χ1v) is 7.71. The number of nitrogens with zero attached hydrogens (tertiary/aromatic N) is 4. The summed E-state index contributed by atoms with van der Waals surface area (Å²) in [6, 6.07) is 6.14. The molecule has 0 N–H and O–H groups in total. The molecular weight excluding hydrogens is 308 g/mol. The molecule has 1 aromatic heterocycles. The zero-order chi connectivity index (χ0) is 17.7. The molecule has 2 rings (SSSR count). The van der Waals surface area contributed by atoms with Crippen molar-refractivity contribution in [3.63, 3.8) is 0 Å². The van der Waals surface area contributed by atoms with Crippen LogP contribution in [0.4, 0.5) is 5.69 Å². The second kappa shape index (κ2) is 7.16. The molecule has 0 amide bonds. The van der Waals surface area contributed by atoms with Crippen molar-refractivity contribution >= 4 is 23.2 Å². The second-order valence-corrected chi connectivity index (χ2v) is 6.18. The Balaban J connectivity index is 2.50. The maximum absolute atomic E-state index is 13.0. The Kier molecular flexibility index (Phi) is 5.23. The molecule has 1 aromatic carbocycles. The van der Waals surface area contributed by atoms with Gasteiger partial charge in [0.15, 0.2) is 5.78 Å². The highest BCUT2D eigenvalue weighted by Gasteiger charge is 2.30. The highest BCUT2D eigenvalue weighted by atomic mass is 16.6. The van der Waals surface area contributed by atoms with Gasteiger partial charge in [0.05, 0.1) is 4.92 Å². The Morgan fingerprint density at radius 2 is 2.17 bits per heavy atom. The number of aromatic nitrogens is 3. The number of hydrogen-bond acceptors (Lipinski definition) is 5. The lowest BCUT2D eigenvalue weighted by Gasteiger charge is -2.23. The quantitative estimate of drug-likeness (QED) is 0.440. The second-order valence-electron chi connectivity index (χ2n) is 6.18. The zero-order valence-electron chi connectivity index (χ0n) is 14.0. The summed E-state index contributed by atoms with van der Waals surface area (Å²) in [5, 5.41) is 15.0. The standard InChI is InChI=1S/C17H20N4O3/c1-4-8-17(2,3)16(22)15(20-12-18-11-19-20)10-13-6-5-7-14(9-13)21(23)24/h5-7,9-12H,4,8H2,1-3H3/b15-10-. The van der Waals surface area contributed by atoms with Crippen molar-refractivity contribution in [2.24, 2.45) is 5.41 Å². The minimum Gasteiger partial charge on any atom is -0.292 e. The summed E-state index contributed by atoms with van der Waals surface area (Å²) in [6.45, 7) is 5.79. The van der Waals surface area contributed by atoms with E-state index < -0.39 is 10.3 Å². The van der Waals surface area contributed by atoms with E-state index in [1.165, 1.54) is 29.5 Å². The maximum Gasteiger partial charge on any atom is 0.270 e. The van der Waals surface area contributed by atoms with E-state index in [0.29, 0.717) is 11.3 Å². The maximum atomic E-state index is 13.0. The number of non-ortho nitro benzene ring substituents is 1. The van der Waals surface area contributed by atoms with Crippen LogP contribution in [0.3, 0.4) is 0 Å². The van der Waals surface area contributed by atoms with Crippen molar-refractivity contribution < 1.29 is 9.72 Å². The Bertz CT molecular complexity index is 764. The third-order valence-electron chi connectivity index (χ3n) is 3.77. The molecule has 0 saturated heterocycles. The molecule has 0 saturated carbocycles. The van der Waals surface area contributed by atoms with Crippen LogP contribution in [-0.2, 0) is 4.79 Å². The summed E-state index contributed by atoms with van der Waals surface area (Å²) in [5.74, 6) is -0.0821. The first kappa shape index (κ1) is 17.5. The smallest absolute Gasteiger partial charge is 0.270 e. The van der Waals surface area contributed by atoms with Gasteiger partial charge in [-0.1, -0.05) is 39.3 Å². The predicted molar refractivity (Wildman–Crippen MR) is 91.0 cm³/mol. The molecule has 24 heavy (non-hydrogen) atoms. The third-order valence-corrected chi connectivity index (χ3v) is 3.77. The highest BCUT2D eigenvalue weighted by molar-refractivity contribution is 6.21. The van der Waals surface area contributed by atoms with E-state index in [1.54, 1.807) is 18.2 Å². The van der Waals surface area contributed by atoms with Gasteiger partial charge < -0.3 is 0 Å². The topological polar surface area (TPSA) is 90.9 Å². The minimum absolute atomic E-state index is 0.0260. The summed E-state index contributed by atoms with van der Waals surface area (Å²) < 4.78 is 1.40. The number of rotatable bonds is 7. The summed E-state index contributed by atoms with van der Waals surface area (Å²) in [4.78, 5) is 27.4. The molecule has 0 atom stereocenters. The van der Waals surface area contributed by atoms with Gasteiger partial charge >= 0.3 is 0 Å². The molecule has 1 heterocycles. The molecule has 0 unspecified atom stereocenters. The molecule has 2 aromatic rings. The van der Waals surface area contributed by atoms with Crippen molar-refractivity contribution in [1.82, 2.24) is 14.8 Å². The summed E-state index contributed by atoms with van der Waals surface area (Å²) >= 11 is 0. The van der Waals surface area contributed by atoms with E-state index in [1.807, 2.05) is 20.8 Å². The number of Topliss-reactive ketones (excluding diaryl/α,β-unsaturated/α-hetero) is 1. The van der Waals surface area contributed by atoms with E-state index in [2.05, 4.69) is 10.1 Å². The van der Waals surface area contributed by atoms with Crippen molar-refractivity contribution in [2.45, 2.75) is 33.6 Å². The molecule has 126 valence electrons. The van der Waals surface area contributed by atoms with Gasteiger partial charge in [0.2, 0.25) is 0 Å². The first-order chi connectivity index (χ1) is 11.3. The normalized spacial score (nSPS) is 12.2. The molecule has 0 radical (unpaired) electrons. The van der Waals surface area contributed by atoms with Crippen LogP contribution in [0, 0.1) is 15.5 Å². The number of hydrogen-bond donors (Lipinski definition) is 0. The number of allylic oxidation sites excluding steroid dienone is 1. The average molecular weight is 328 g/mol. The SMILES string of the molecule is CCCC(C)(C)C(=O)/C(=C/c1cccc([N+](=O)[O-])c1)n1cncn1. The minimum atomic E-state index is -0.562.